The van der Waals surface area contributed by atoms with Crippen molar-refractivity contribution in [2.45, 2.75) is 73.6 Å². The molecule has 0 radical (unpaired) electrons. The van der Waals surface area contributed by atoms with E-state index in [1.165, 1.54) is 11.1 Å². The van der Waals surface area contributed by atoms with Crippen molar-refractivity contribution >= 4 is 11.6 Å². The third-order valence-corrected chi connectivity index (χ3v) is 9.17. The molecule has 0 saturated heterocycles. The van der Waals surface area contributed by atoms with Gasteiger partial charge in [0, 0.05) is 23.8 Å². The topological polar surface area (TPSA) is 34.1 Å². The molecule has 0 unspecified atom stereocenters. The number of ketones is 2. The highest BCUT2D eigenvalue weighted by molar-refractivity contribution is 6.01. The maximum atomic E-state index is 13.4. The molecule has 1 fully saturated rings. The third kappa shape index (κ3) is 3.22. The molecule has 30 heavy (non-hydrogen) atoms. The highest BCUT2D eigenvalue weighted by Gasteiger charge is 2.56. The molecule has 0 spiro atoms. The summed E-state index contributed by atoms with van der Waals surface area (Å²) in [6, 6.07) is 0. The lowest BCUT2D eigenvalue weighted by Gasteiger charge is -2.50. The molecule has 4 aliphatic rings. The van der Waals surface area contributed by atoms with Gasteiger partial charge in [0.25, 0.3) is 0 Å². The van der Waals surface area contributed by atoms with E-state index in [1.807, 2.05) is 6.08 Å². The number of hydrogen-bond acceptors (Lipinski definition) is 2. The van der Waals surface area contributed by atoms with Crippen LogP contribution in [-0.4, -0.2) is 11.6 Å². The highest BCUT2D eigenvalue weighted by Crippen LogP contribution is 2.62. The SMILES string of the molecule is CC(C)[C@@H](C)/C=C/[C@@H](C)[C@H]1CC(=O)C2=C3C=CC4=CC(=O)CC[C@]4(C)[C@H]3CC[C@@]21C. The van der Waals surface area contributed by atoms with Crippen molar-refractivity contribution in [1.29, 1.82) is 0 Å². The van der Waals surface area contributed by atoms with Crippen LogP contribution in [0.2, 0.25) is 0 Å². The van der Waals surface area contributed by atoms with E-state index in [0.29, 0.717) is 48.2 Å². The molecular formula is C28H38O2. The van der Waals surface area contributed by atoms with Gasteiger partial charge in [-0.2, -0.15) is 0 Å². The monoisotopic (exact) mass is 406 g/mol. The predicted octanol–water partition coefficient (Wildman–Crippen LogP) is 6.64. The molecule has 0 amide bonds. The molecule has 2 heteroatoms. The fourth-order valence-electron chi connectivity index (χ4n) is 6.67. The van der Waals surface area contributed by atoms with Crippen LogP contribution in [0.25, 0.3) is 0 Å². The molecular weight excluding hydrogens is 368 g/mol. The largest absolute Gasteiger partial charge is 0.295 e. The van der Waals surface area contributed by atoms with E-state index >= 15 is 0 Å². The summed E-state index contributed by atoms with van der Waals surface area (Å²) in [7, 11) is 0. The van der Waals surface area contributed by atoms with Gasteiger partial charge in [-0.1, -0.05) is 65.8 Å². The molecule has 0 aromatic carbocycles. The maximum Gasteiger partial charge on any atom is 0.160 e. The Morgan fingerprint density at radius 2 is 1.73 bits per heavy atom. The van der Waals surface area contributed by atoms with E-state index in [1.54, 1.807) is 0 Å². The van der Waals surface area contributed by atoms with E-state index in [0.717, 1.165) is 24.8 Å². The van der Waals surface area contributed by atoms with E-state index in [-0.39, 0.29) is 16.6 Å². The second-order valence-electron chi connectivity index (χ2n) is 11.2. The number of rotatable bonds is 4. The van der Waals surface area contributed by atoms with Crippen molar-refractivity contribution in [2.75, 3.05) is 0 Å². The van der Waals surface area contributed by atoms with Crippen LogP contribution >= 0.6 is 0 Å². The fraction of sp³-hybridized carbons (Fsp3) is 0.643. The third-order valence-electron chi connectivity index (χ3n) is 9.17. The molecule has 4 rings (SSSR count). The Hall–Kier alpha value is -1.70. The molecule has 0 aliphatic heterocycles. The summed E-state index contributed by atoms with van der Waals surface area (Å²) in [6.45, 7) is 13.8. The number of allylic oxidation sites excluding steroid dienone is 8. The molecule has 0 N–H and O–H groups in total. The first-order valence-corrected chi connectivity index (χ1v) is 12.0. The second kappa shape index (κ2) is 7.46. The highest BCUT2D eigenvalue weighted by atomic mass is 16.1. The second-order valence-corrected chi connectivity index (χ2v) is 11.2. The first kappa shape index (κ1) is 21.5. The zero-order chi connectivity index (χ0) is 21.8. The summed E-state index contributed by atoms with van der Waals surface area (Å²) in [4.78, 5) is 25.4. The summed E-state index contributed by atoms with van der Waals surface area (Å²) in [5, 5.41) is 0. The summed E-state index contributed by atoms with van der Waals surface area (Å²) >= 11 is 0. The van der Waals surface area contributed by atoms with Crippen LogP contribution in [0.4, 0.5) is 0 Å². The molecule has 0 aromatic heterocycles. The molecule has 0 aromatic rings. The number of Topliss-reactive ketones (excluding diaryl/α,β-unsaturated/α-hetero) is 1. The number of carbonyl (C=O) groups is 2. The van der Waals surface area contributed by atoms with Crippen LogP contribution in [0, 0.1) is 40.4 Å². The number of fused-ring (bicyclic) bond motifs is 4. The van der Waals surface area contributed by atoms with Crippen molar-refractivity contribution in [1.82, 2.24) is 0 Å². The Kier molecular flexibility index (Phi) is 5.36. The van der Waals surface area contributed by atoms with E-state index in [9.17, 15) is 9.59 Å². The zero-order valence-electron chi connectivity index (χ0n) is 19.6. The average molecular weight is 407 g/mol. The van der Waals surface area contributed by atoms with Crippen molar-refractivity contribution in [2.24, 2.45) is 40.4 Å². The molecule has 0 heterocycles. The summed E-state index contributed by atoms with van der Waals surface area (Å²) < 4.78 is 0. The molecule has 4 aliphatic carbocycles. The molecule has 2 nitrogen and oxygen atoms in total. The van der Waals surface area contributed by atoms with Crippen LogP contribution in [-0.2, 0) is 9.59 Å². The molecule has 1 saturated carbocycles. The minimum atomic E-state index is -0.0276. The lowest BCUT2D eigenvalue weighted by Crippen LogP contribution is -2.42. The quantitative estimate of drug-likeness (QED) is 0.491. The maximum absolute atomic E-state index is 13.4. The van der Waals surface area contributed by atoms with Gasteiger partial charge in [0.2, 0.25) is 0 Å². The lowest BCUT2D eigenvalue weighted by molar-refractivity contribution is -0.116. The molecule has 0 bridgehead atoms. The van der Waals surface area contributed by atoms with Crippen LogP contribution < -0.4 is 0 Å². The standard InChI is InChI=1S/C28H38O2/c1-17(2)18(3)7-8-19(4)24-16-25(30)26-22-10-9-20-15-21(29)11-13-27(20,5)23(22)12-14-28(24,26)6/h7-10,15,17-19,23-24H,11-14,16H2,1-6H3/b8-7+/t18-,19+,23-,24+,27-,28+/m0/s1. The van der Waals surface area contributed by atoms with Crippen LogP contribution in [0.3, 0.4) is 0 Å². The Bertz CT molecular complexity index is 882. The molecule has 162 valence electrons. The first-order valence-electron chi connectivity index (χ1n) is 12.0. The van der Waals surface area contributed by atoms with Gasteiger partial charge in [0.05, 0.1) is 0 Å². The van der Waals surface area contributed by atoms with E-state index < -0.39 is 0 Å². The average Bonchev–Trinajstić information content (AvgIpc) is 2.97. The van der Waals surface area contributed by atoms with Crippen molar-refractivity contribution in [3.63, 3.8) is 0 Å². The Balaban J connectivity index is 1.71. The predicted molar refractivity (Wildman–Crippen MR) is 123 cm³/mol. The van der Waals surface area contributed by atoms with Gasteiger partial charge in [-0.15, -0.1) is 0 Å². The minimum Gasteiger partial charge on any atom is -0.295 e. The fourth-order valence-corrected chi connectivity index (χ4v) is 6.67. The smallest absolute Gasteiger partial charge is 0.160 e. The van der Waals surface area contributed by atoms with Gasteiger partial charge in [0.15, 0.2) is 11.6 Å². The summed E-state index contributed by atoms with van der Waals surface area (Å²) in [6.07, 6.45) is 15.3. The number of carbonyl (C=O) groups excluding carboxylic acids is 2. The van der Waals surface area contributed by atoms with Crippen LogP contribution in [0.15, 0.2) is 47.1 Å². The van der Waals surface area contributed by atoms with Gasteiger partial charge >= 0.3 is 0 Å². The first-order chi connectivity index (χ1) is 14.1. The number of hydrogen-bond donors (Lipinski definition) is 0. The van der Waals surface area contributed by atoms with E-state index in [4.69, 9.17) is 0 Å². The minimum absolute atomic E-state index is 0.00288. The van der Waals surface area contributed by atoms with Gasteiger partial charge < -0.3 is 0 Å². The zero-order valence-corrected chi connectivity index (χ0v) is 19.6. The van der Waals surface area contributed by atoms with E-state index in [2.05, 4.69) is 65.8 Å². The van der Waals surface area contributed by atoms with Crippen molar-refractivity contribution < 1.29 is 9.59 Å². The normalized spacial score (nSPS) is 37.9. The summed E-state index contributed by atoms with van der Waals surface area (Å²) in [5.74, 6) is 2.98. The van der Waals surface area contributed by atoms with Gasteiger partial charge in [0.1, 0.15) is 0 Å². The molecule has 6 atom stereocenters. The Morgan fingerprint density at radius 3 is 2.43 bits per heavy atom. The lowest BCUT2D eigenvalue weighted by atomic mass is 9.53. The van der Waals surface area contributed by atoms with Gasteiger partial charge in [-0.3, -0.25) is 9.59 Å². The van der Waals surface area contributed by atoms with Crippen LogP contribution in [0.5, 0.6) is 0 Å². The Labute approximate surface area is 182 Å². The Morgan fingerprint density at radius 1 is 1.00 bits per heavy atom. The van der Waals surface area contributed by atoms with Crippen molar-refractivity contribution in [3.8, 4) is 0 Å². The summed E-state index contributed by atoms with van der Waals surface area (Å²) in [5.41, 5.74) is 3.56. The van der Waals surface area contributed by atoms with Crippen LogP contribution in [0.1, 0.15) is 73.6 Å². The van der Waals surface area contributed by atoms with Gasteiger partial charge in [-0.05, 0) is 71.5 Å². The van der Waals surface area contributed by atoms with Crippen molar-refractivity contribution in [3.05, 3.63) is 47.1 Å². The van der Waals surface area contributed by atoms with Gasteiger partial charge in [-0.25, -0.2) is 0 Å².